The van der Waals surface area contributed by atoms with Crippen LogP contribution in [0.3, 0.4) is 0 Å². The first-order valence-electron chi connectivity index (χ1n) is 13.0. The van der Waals surface area contributed by atoms with Crippen LogP contribution in [-0.4, -0.2) is 4.98 Å². The van der Waals surface area contributed by atoms with Gasteiger partial charge in [0.15, 0.2) is 0 Å². The lowest BCUT2D eigenvalue weighted by atomic mass is 9.93. The molecule has 0 atom stereocenters. The second-order valence-corrected chi connectivity index (χ2v) is 10.3. The van der Waals surface area contributed by atoms with Crippen molar-refractivity contribution in [1.82, 2.24) is 4.98 Å². The van der Waals surface area contributed by atoms with Gasteiger partial charge < -0.3 is 4.42 Å². The zero-order valence-corrected chi connectivity index (χ0v) is 21.0. The van der Waals surface area contributed by atoms with Gasteiger partial charge in [0.25, 0.3) is 0 Å². The molecule has 0 saturated carbocycles. The van der Waals surface area contributed by atoms with Gasteiger partial charge in [-0.3, -0.25) is 0 Å². The van der Waals surface area contributed by atoms with Gasteiger partial charge in [-0.2, -0.15) is 0 Å². The fourth-order valence-corrected chi connectivity index (χ4v) is 5.66. The van der Waals surface area contributed by atoms with Gasteiger partial charge in [-0.25, -0.2) is 4.98 Å². The van der Waals surface area contributed by atoms with E-state index in [0.29, 0.717) is 5.92 Å². The molecule has 0 unspecified atom stereocenters. The zero-order chi connectivity index (χ0) is 24.9. The molecule has 0 aliphatic carbocycles. The predicted octanol–water partition coefficient (Wildman–Crippen LogP) is 9.82. The minimum absolute atomic E-state index is 0.555. The van der Waals surface area contributed by atoms with Gasteiger partial charge in [0.1, 0.15) is 11.2 Å². The van der Waals surface area contributed by atoms with Crippen molar-refractivity contribution in [3.63, 3.8) is 0 Å². The van der Waals surface area contributed by atoms with E-state index >= 15 is 0 Å². The molecule has 7 aromatic rings. The molecular weight excluding hydrogens is 450 g/mol. The molecule has 2 nitrogen and oxygen atoms in total. The standard InChI is InChI=1S/C35H27NO/c1-22(2)18-23-19-29-27-14-8-9-15-33(27)37-35(29)30(20-23)32-21-28(24-10-4-3-5-11-24)34-26-13-7-6-12-25(26)16-17-31(34)36-32/h3-17,19-22H,18H2,1-2H3. The Morgan fingerprint density at radius 1 is 0.676 bits per heavy atom. The highest BCUT2D eigenvalue weighted by Crippen LogP contribution is 2.41. The van der Waals surface area contributed by atoms with E-state index in [9.17, 15) is 0 Å². The number of para-hydroxylation sites is 1. The Bertz CT molecular complexity index is 1930. The quantitative estimate of drug-likeness (QED) is 0.236. The molecule has 0 bridgehead atoms. The zero-order valence-electron chi connectivity index (χ0n) is 21.0. The Morgan fingerprint density at radius 2 is 1.43 bits per heavy atom. The molecule has 178 valence electrons. The fourth-order valence-electron chi connectivity index (χ4n) is 5.66. The fraction of sp³-hybridized carbons (Fsp3) is 0.114. The van der Waals surface area contributed by atoms with E-state index in [2.05, 4.69) is 117 Å². The summed E-state index contributed by atoms with van der Waals surface area (Å²) in [4.78, 5) is 5.26. The molecule has 0 amide bonds. The second kappa shape index (κ2) is 8.60. The Hall–Kier alpha value is -4.43. The Morgan fingerprint density at radius 3 is 2.27 bits per heavy atom. The third-order valence-corrected chi connectivity index (χ3v) is 7.24. The average molecular weight is 478 g/mol. The smallest absolute Gasteiger partial charge is 0.144 e. The second-order valence-electron chi connectivity index (χ2n) is 10.3. The molecule has 0 fully saturated rings. The largest absolute Gasteiger partial charge is 0.455 e. The lowest BCUT2D eigenvalue weighted by Gasteiger charge is -2.14. The topological polar surface area (TPSA) is 26.0 Å². The van der Waals surface area contributed by atoms with Crippen LogP contribution >= 0.6 is 0 Å². The first-order valence-corrected chi connectivity index (χ1v) is 13.0. The van der Waals surface area contributed by atoms with Gasteiger partial charge in [-0.05, 0) is 70.1 Å². The van der Waals surface area contributed by atoms with Crippen molar-refractivity contribution in [2.75, 3.05) is 0 Å². The van der Waals surface area contributed by atoms with E-state index in [1.807, 2.05) is 6.07 Å². The average Bonchev–Trinajstić information content (AvgIpc) is 3.30. The minimum Gasteiger partial charge on any atom is -0.455 e. The van der Waals surface area contributed by atoms with Crippen molar-refractivity contribution >= 4 is 43.6 Å². The van der Waals surface area contributed by atoms with Crippen molar-refractivity contribution in [1.29, 1.82) is 0 Å². The lowest BCUT2D eigenvalue weighted by molar-refractivity contribution is 0.646. The summed E-state index contributed by atoms with van der Waals surface area (Å²) >= 11 is 0. The molecule has 2 aromatic heterocycles. The third kappa shape index (κ3) is 3.68. The van der Waals surface area contributed by atoms with Crippen molar-refractivity contribution in [3.05, 3.63) is 115 Å². The molecule has 7 rings (SSSR count). The number of furan rings is 1. The van der Waals surface area contributed by atoms with Crippen molar-refractivity contribution < 1.29 is 4.42 Å². The van der Waals surface area contributed by atoms with Gasteiger partial charge in [0.05, 0.1) is 11.2 Å². The molecule has 2 heterocycles. The van der Waals surface area contributed by atoms with E-state index in [1.54, 1.807) is 0 Å². The molecule has 0 spiro atoms. The highest BCUT2D eigenvalue weighted by atomic mass is 16.3. The van der Waals surface area contributed by atoms with Crippen LogP contribution in [0.5, 0.6) is 0 Å². The highest BCUT2D eigenvalue weighted by molar-refractivity contribution is 6.15. The number of nitrogens with zero attached hydrogens (tertiary/aromatic N) is 1. The molecular formula is C35H27NO. The number of hydrogen-bond acceptors (Lipinski definition) is 2. The van der Waals surface area contributed by atoms with E-state index in [-0.39, 0.29) is 0 Å². The summed E-state index contributed by atoms with van der Waals surface area (Å²) < 4.78 is 6.49. The van der Waals surface area contributed by atoms with Crippen LogP contribution in [0.4, 0.5) is 0 Å². The van der Waals surface area contributed by atoms with Gasteiger partial charge in [0.2, 0.25) is 0 Å². The summed E-state index contributed by atoms with van der Waals surface area (Å²) in [6, 6.07) is 38.7. The summed E-state index contributed by atoms with van der Waals surface area (Å²) in [5.74, 6) is 0.555. The van der Waals surface area contributed by atoms with Crippen molar-refractivity contribution in [2.45, 2.75) is 20.3 Å². The van der Waals surface area contributed by atoms with Crippen LogP contribution in [0, 0.1) is 5.92 Å². The van der Waals surface area contributed by atoms with Crippen LogP contribution in [-0.2, 0) is 6.42 Å². The number of hydrogen-bond donors (Lipinski definition) is 0. The van der Waals surface area contributed by atoms with Gasteiger partial charge in [-0.1, -0.05) is 92.7 Å². The summed E-state index contributed by atoms with van der Waals surface area (Å²) in [5.41, 5.74) is 8.49. The molecule has 0 aliphatic rings. The van der Waals surface area contributed by atoms with Crippen LogP contribution in [0.1, 0.15) is 19.4 Å². The number of aromatic nitrogens is 1. The van der Waals surface area contributed by atoms with Crippen LogP contribution in [0.15, 0.2) is 114 Å². The summed E-state index contributed by atoms with van der Waals surface area (Å²) in [5, 5.41) is 5.94. The molecule has 0 saturated heterocycles. The monoisotopic (exact) mass is 477 g/mol. The first kappa shape index (κ1) is 21.8. The Kier molecular flexibility index (Phi) is 5.07. The maximum atomic E-state index is 6.49. The van der Waals surface area contributed by atoms with Gasteiger partial charge >= 0.3 is 0 Å². The summed E-state index contributed by atoms with van der Waals surface area (Å²) in [7, 11) is 0. The predicted molar refractivity (Wildman–Crippen MR) is 156 cm³/mol. The molecule has 37 heavy (non-hydrogen) atoms. The molecule has 0 N–H and O–H groups in total. The Balaban J connectivity index is 1.59. The van der Waals surface area contributed by atoms with E-state index in [0.717, 1.165) is 45.1 Å². The molecule has 0 aliphatic heterocycles. The van der Waals surface area contributed by atoms with Gasteiger partial charge in [-0.15, -0.1) is 0 Å². The molecule has 5 aromatic carbocycles. The first-order chi connectivity index (χ1) is 18.2. The molecule has 2 heteroatoms. The van der Waals surface area contributed by atoms with Crippen LogP contribution in [0.2, 0.25) is 0 Å². The van der Waals surface area contributed by atoms with E-state index in [1.165, 1.54) is 32.8 Å². The number of fused-ring (bicyclic) bond motifs is 6. The lowest BCUT2D eigenvalue weighted by Crippen LogP contribution is -1.96. The van der Waals surface area contributed by atoms with E-state index < -0.39 is 0 Å². The maximum absolute atomic E-state index is 6.49. The number of rotatable bonds is 4. The number of pyridine rings is 1. The summed E-state index contributed by atoms with van der Waals surface area (Å²) in [6.07, 6.45) is 1.01. The summed E-state index contributed by atoms with van der Waals surface area (Å²) in [6.45, 7) is 4.54. The highest BCUT2D eigenvalue weighted by Gasteiger charge is 2.18. The molecule has 0 radical (unpaired) electrons. The third-order valence-electron chi connectivity index (χ3n) is 7.24. The van der Waals surface area contributed by atoms with Crippen LogP contribution in [0.25, 0.3) is 66.0 Å². The van der Waals surface area contributed by atoms with Crippen molar-refractivity contribution in [2.24, 2.45) is 5.92 Å². The Labute approximate surface area is 216 Å². The van der Waals surface area contributed by atoms with Crippen LogP contribution < -0.4 is 0 Å². The normalized spacial score (nSPS) is 11.9. The minimum atomic E-state index is 0.555. The van der Waals surface area contributed by atoms with Gasteiger partial charge in [0, 0.05) is 21.7 Å². The van der Waals surface area contributed by atoms with E-state index in [4.69, 9.17) is 9.40 Å². The number of benzene rings is 5. The maximum Gasteiger partial charge on any atom is 0.144 e. The SMILES string of the molecule is CC(C)Cc1cc(-c2cc(-c3ccccc3)c3c(ccc4ccccc43)n2)c2oc3ccccc3c2c1. The van der Waals surface area contributed by atoms with Crippen molar-refractivity contribution in [3.8, 4) is 22.4 Å².